The van der Waals surface area contributed by atoms with E-state index < -0.39 is 21.8 Å². The first kappa shape index (κ1) is 21.3. The molecule has 0 radical (unpaired) electrons. The smallest absolute Gasteiger partial charge is 0.277 e. The first-order chi connectivity index (χ1) is 14.5. The number of aryl methyl sites for hydroxylation is 1. The third-order valence-electron chi connectivity index (χ3n) is 4.70. The van der Waals surface area contributed by atoms with Gasteiger partial charge in [0, 0.05) is 20.9 Å². The molecule has 0 aliphatic rings. The molecule has 5 nitrogen and oxygen atoms in total. The number of alkyl halides is 3. The lowest BCUT2D eigenvalue weighted by atomic mass is 10.0. The number of aromatic amines is 1. The number of hydrogen-bond donors (Lipinski definition) is 2. The lowest BCUT2D eigenvalue weighted by Gasteiger charge is -2.11. The van der Waals surface area contributed by atoms with Crippen LogP contribution in [0, 0.1) is 6.92 Å². The van der Waals surface area contributed by atoms with Gasteiger partial charge in [0.2, 0.25) is 10.0 Å². The van der Waals surface area contributed by atoms with Crippen molar-refractivity contribution in [3.63, 3.8) is 0 Å². The molecule has 0 atom stereocenters. The highest BCUT2D eigenvalue weighted by atomic mass is 32.2. The molecule has 0 aliphatic carbocycles. The SMILES string of the molecule is Cc1ccc(-c2ccc(-c3n[nH]c(-c4ccc(S(N)(=O)=O)cc4)c3C(F)(F)F)cc2)s1. The number of nitrogens with zero attached hydrogens (tertiary/aromatic N) is 1. The summed E-state index contributed by atoms with van der Waals surface area (Å²) in [6, 6.07) is 15.5. The average molecular weight is 464 g/mol. The minimum absolute atomic E-state index is 0.143. The number of aromatic nitrogens is 2. The van der Waals surface area contributed by atoms with Crippen LogP contribution in [0.4, 0.5) is 13.2 Å². The Kier molecular flexibility index (Phi) is 5.24. The van der Waals surface area contributed by atoms with Gasteiger partial charge in [-0.2, -0.15) is 18.3 Å². The highest BCUT2D eigenvalue weighted by molar-refractivity contribution is 7.89. The molecule has 0 aliphatic heterocycles. The van der Waals surface area contributed by atoms with E-state index in [2.05, 4.69) is 10.2 Å². The Balaban J connectivity index is 1.77. The van der Waals surface area contributed by atoms with Gasteiger partial charge >= 0.3 is 6.18 Å². The molecule has 0 unspecified atom stereocenters. The molecule has 3 N–H and O–H groups in total. The van der Waals surface area contributed by atoms with E-state index in [1.165, 1.54) is 12.1 Å². The number of nitrogens with two attached hydrogens (primary N) is 1. The number of nitrogens with one attached hydrogen (secondary N) is 1. The van der Waals surface area contributed by atoms with Gasteiger partial charge in [-0.3, -0.25) is 5.10 Å². The summed E-state index contributed by atoms with van der Waals surface area (Å²) in [5.74, 6) is 0. The fourth-order valence-electron chi connectivity index (χ4n) is 3.23. The average Bonchev–Trinajstić information content (AvgIpc) is 3.34. The summed E-state index contributed by atoms with van der Waals surface area (Å²) >= 11 is 1.60. The van der Waals surface area contributed by atoms with Crippen molar-refractivity contribution in [2.75, 3.05) is 0 Å². The van der Waals surface area contributed by atoms with E-state index in [4.69, 9.17) is 5.14 Å². The van der Waals surface area contributed by atoms with Crippen molar-refractivity contribution in [3.8, 4) is 33.0 Å². The Bertz CT molecular complexity index is 1340. The van der Waals surface area contributed by atoms with Gasteiger partial charge in [-0.05, 0) is 36.8 Å². The number of thiophene rings is 1. The topological polar surface area (TPSA) is 88.8 Å². The van der Waals surface area contributed by atoms with E-state index >= 15 is 0 Å². The molecular weight excluding hydrogens is 447 g/mol. The monoisotopic (exact) mass is 463 g/mol. The molecule has 31 heavy (non-hydrogen) atoms. The standard InChI is InChI=1S/C21H16F3N3O2S2/c1-12-2-11-17(30-12)13-3-5-14(6-4-13)19-18(21(22,23)24)20(27-26-19)15-7-9-16(10-8-15)31(25,28)29/h2-11H,1H3,(H,26,27)(H2,25,28,29). The Labute approximate surface area is 180 Å². The number of rotatable bonds is 4. The molecule has 10 heteroatoms. The summed E-state index contributed by atoms with van der Waals surface area (Å²) in [5.41, 5.74) is -0.0363. The fraction of sp³-hybridized carbons (Fsp3) is 0.0952. The van der Waals surface area contributed by atoms with E-state index in [1.807, 2.05) is 19.1 Å². The first-order valence-electron chi connectivity index (χ1n) is 9.00. The first-order valence-corrected chi connectivity index (χ1v) is 11.4. The van der Waals surface area contributed by atoms with Crippen LogP contribution in [-0.2, 0) is 16.2 Å². The maximum absolute atomic E-state index is 14.0. The van der Waals surface area contributed by atoms with Crippen LogP contribution < -0.4 is 5.14 Å². The Morgan fingerprint density at radius 3 is 2.00 bits per heavy atom. The van der Waals surface area contributed by atoms with Gasteiger partial charge in [0.05, 0.1) is 10.6 Å². The van der Waals surface area contributed by atoms with Gasteiger partial charge in [-0.1, -0.05) is 36.4 Å². The lowest BCUT2D eigenvalue weighted by Crippen LogP contribution is -2.12. The van der Waals surface area contributed by atoms with E-state index in [-0.39, 0.29) is 21.8 Å². The van der Waals surface area contributed by atoms with Gasteiger partial charge in [0.25, 0.3) is 0 Å². The normalized spacial score (nSPS) is 12.3. The van der Waals surface area contributed by atoms with Crippen LogP contribution >= 0.6 is 11.3 Å². The van der Waals surface area contributed by atoms with Gasteiger partial charge in [0.15, 0.2) is 0 Å². The maximum atomic E-state index is 14.0. The van der Waals surface area contributed by atoms with Gasteiger partial charge < -0.3 is 0 Å². The fourth-order valence-corrected chi connectivity index (χ4v) is 4.62. The molecule has 0 spiro atoms. The molecule has 4 rings (SSSR count). The minimum atomic E-state index is -4.68. The van der Waals surface area contributed by atoms with Crippen LogP contribution in [0.25, 0.3) is 33.0 Å². The van der Waals surface area contributed by atoms with Crippen LogP contribution in [-0.4, -0.2) is 18.6 Å². The molecule has 2 aromatic carbocycles. The molecule has 0 bridgehead atoms. The predicted molar refractivity (Wildman–Crippen MR) is 114 cm³/mol. The third kappa shape index (κ3) is 4.27. The molecule has 0 saturated heterocycles. The Hall–Kier alpha value is -2.95. The second kappa shape index (κ2) is 7.63. The Morgan fingerprint density at radius 1 is 0.903 bits per heavy atom. The summed E-state index contributed by atoms with van der Waals surface area (Å²) in [5, 5.41) is 11.4. The van der Waals surface area contributed by atoms with Crippen LogP contribution in [0.2, 0.25) is 0 Å². The van der Waals surface area contributed by atoms with Crippen molar-refractivity contribution >= 4 is 21.4 Å². The number of sulfonamides is 1. The van der Waals surface area contributed by atoms with Gasteiger partial charge in [-0.15, -0.1) is 11.3 Å². The number of halogens is 3. The minimum Gasteiger partial charge on any atom is -0.277 e. The zero-order valence-corrected chi connectivity index (χ0v) is 17.7. The third-order valence-corrected chi connectivity index (χ3v) is 6.68. The van der Waals surface area contributed by atoms with E-state index in [0.29, 0.717) is 5.56 Å². The van der Waals surface area contributed by atoms with Crippen molar-refractivity contribution in [1.82, 2.24) is 10.2 Å². The highest BCUT2D eigenvalue weighted by Gasteiger charge is 2.39. The molecule has 0 saturated carbocycles. The van der Waals surface area contributed by atoms with Gasteiger partial charge in [-0.25, -0.2) is 13.6 Å². The second-order valence-electron chi connectivity index (χ2n) is 6.88. The zero-order valence-electron chi connectivity index (χ0n) is 16.1. The van der Waals surface area contributed by atoms with Crippen molar-refractivity contribution in [1.29, 1.82) is 0 Å². The number of primary sulfonamides is 1. The summed E-state index contributed by atoms with van der Waals surface area (Å²) in [4.78, 5) is 1.98. The van der Waals surface area contributed by atoms with E-state index in [9.17, 15) is 21.6 Å². The summed E-state index contributed by atoms with van der Waals surface area (Å²) in [6.07, 6.45) is -4.68. The molecule has 0 amide bonds. The molecule has 2 aromatic heterocycles. The van der Waals surface area contributed by atoms with Crippen molar-refractivity contribution in [3.05, 3.63) is 71.1 Å². The molecule has 160 valence electrons. The molecule has 0 fully saturated rings. The Morgan fingerprint density at radius 2 is 1.48 bits per heavy atom. The van der Waals surface area contributed by atoms with Crippen molar-refractivity contribution < 1.29 is 21.6 Å². The quantitative estimate of drug-likeness (QED) is 0.422. The summed E-state index contributed by atoms with van der Waals surface area (Å²) in [6.45, 7) is 1.99. The summed E-state index contributed by atoms with van der Waals surface area (Å²) < 4.78 is 64.7. The molecule has 4 aromatic rings. The predicted octanol–water partition coefficient (Wildman–Crippen LogP) is 5.45. The van der Waals surface area contributed by atoms with Crippen molar-refractivity contribution in [2.24, 2.45) is 5.14 Å². The molecular formula is C21H16F3N3O2S2. The largest absolute Gasteiger partial charge is 0.420 e. The van der Waals surface area contributed by atoms with E-state index in [0.717, 1.165) is 27.5 Å². The second-order valence-corrected chi connectivity index (χ2v) is 9.73. The van der Waals surface area contributed by atoms with Crippen LogP contribution in [0.5, 0.6) is 0 Å². The lowest BCUT2D eigenvalue weighted by molar-refractivity contribution is -0.136. The van der Waals surface area contributed by atoms with Crippen LogP contribution in [0.3, 0.4) is 0 Å². The van der Waals surface area contributed by atoms with Gasteiger partial charge in [0.1, 0.15) is 11.3 Å². The highest BCUT2D eigenvalue weighted by Crippen LogP contribution is 2.42. The number of hydrogen-bond acceptors (Lipinski definition) is 4. The van der Waals surface area contributed by atoms with E-state index in [1.54, 1.807) is 35.6 Å². The number of H-pyrrole nitrogens is 1. The van der Waals surface area contributed by atoms with Crippen LogP contribution in [0.15, 0.2) is 65.6 Å². The zero-order chi connectivity index (χ0) is 22.4. The van der Waals surface area contributed by atoms with Crippen LogP contribution in [0.1, 0.15) is 10.4 Å². The maximum Gasteiger partial charge on any atom is 0.420 e. The molecule has 2 heterocycles. The van der Waals surface area contributed by atoms with Crippen molar-refractivity contribution in [2.45, 2.75) is 18.0 Å². The summed E-state index contributed by atoms with van der Waals surface area (Å²) in [7, 11) is -3.95. The number of benzene rings is 2.